The summed E-state index contributed by atoms with van der Waals surface area (Å²) in [5.41, 5.74) is 14.9. The molecule has 2 saturated heterocycles. The number of aliphatic imine (C=N–C) groups is 1. The molecule has 10 nitrogen and oxygen atoms in total. The van der Waals surface area contributed by atoms with Crippen LogP contribution < -0.4 is 21.1 Å². The number of hydrogen-bond donors (Lipinski definition) is 3. The predicted molar refractivity (Wildman–Crippen MR) is 159 cm³/mol. The molecule has 224 valence electrons. The molecule has 11 heteroatoms. The highest BCUT2D eigenvalue weighted by Gasteiger charge is 2.51. The van der Waals surface area contributed by atoms with Gasteiger partial charge in [0.05, 0.1) is 39.0 Å². The number of anilines is 3. The van der Waals surface area contributed by atoms with E-state index in [2.05, 4.69) is 26.8 Å². The monoisotopic (exact) mass is 569 g/mol. The van der Waals surface area contributed by atoms with Gasteiger partial charge in [-0.2, -0.15) is 4.98 Å². The van der Waals surface area contributed by atoms with Crippen LogP contribution in [0, 0.1) is 11.2 Å². The number of piperidine rings is 1. The number of benzene rings is 1. The molecule has 41 heavy (non-hydrogen) atoms. The lowest BCUT2D eigenvalue weighted by Crippen LogP contribution is -2.60. The summed E-state index contributed by atoms with van der Waals surface area (Å²) in [6.07, 6.45) is 7.94. The summed E-state index contributed by atoms with van der Waals surface area (Å²) in [5, 5.41) is 9.51. The van der Waals surface area contributed by atoms with E-state index < -0.39 is 0 Å². The van der Waals surface area contributed by atoms with Gasteiger partial charge in [0.1, 0.15) is 22.9 Å². The van der Waals surface area contributed by atoms with Gasteiger partial charge in [-0.15, -0.1) is 0 Å². The third-order valence-electron chi connectivity index (χ3n) is 8.95. The molecule has 0 atom stereocenters. The minimum atomic E-state index is -0.325. The number of nitrogen functional groups attached to an aromatic ring is 2. The maximum atomic E-state index is 15.4. The molecule has 3 heterocycles. The van der Waals surface area contributed by atoms with E-state index >= 15 is 4.39 Å². The first kappa shape index (κ1) is 29.5. The van der Waals surface area contributed by atoms with E-state index in [1.807, 2.05) is 11.0 Å². The smallest absolute Gasteiger partial charge is 0.222 e. The van der Waals surface area contributed by atoms with Gasteiger partial charge in [0.2, 0.25) is 5.95 Å². The number of methoxy groups -OCH3 is 1. The van der Waals surface area contributed by atoms with Crippen molar-refractivity contribution < 1.29 is 19.0 Å². The number of unbranched alkanes of at least 4 members (excludes halogenated alkanes) is 1. The quantitative estimate of drug-likeness (QED) is 0.329. The van der Waals surface area contributed by atoms with E-state index in [0.717, 1.165) is 57.6 Å². The zero-order valence-electron chi connectivity index (χ0n) is 24.3. The molecular weight excluding hydrogens is 525 g/mol. The molecule has 5 N–H and O–H groups in total. The van der Waals surface area contributed by atoms with E-state index in [4.69, 9.17) is 20.9 Å². The minimum Gasteiger partial charge on any atom is -0.496 e. The predicted octanol–water partition coefficient (Wildman–Crippen LogP) is 3.37. The van der Waals surface area contributed by atoms with Gasteiger partial charge in [-0.3, -0.25) is 4.99 Å². The zero-order chi connectivity index (χ0) is 29.0. The van der Waals surface area contributed by atoms with E-state index in [1.165, 1.54) is 19.1 Å². The van der Waals surface area contributed by atoms with Crippen LogP contribution in [0.15, 0.2) is 17.1 Å². The second-order valence-corrected chi connectivity index (χ2v) is 11.8. The van der Waals surface area contributed by atoms with Crippen LogP contribution in [0.3, 0.4) is 0 Å². The topological polar surface area (TPSA) is 135 Å². The number of nitrogens with two attached hydrogens (primary N) is 2. The maximum Gasteiger partial charge on any atom is 0.222 e. The molecule has 3 fully saturated rings. The standard InChI is InChI=1S/C30H44FN7O3/c1-3-4-7-38(10-11-39)28-27(32)25(35-29(33)36-28)17-34-16-23-24(31)12-21(13-26(23)40-2)20-5-8-37(9-6-20)22-14-30(15-22)18-41-19-30/h12-13,17,20,22,39H,3-11,14-16,18-19,32H2,1-2H3,(H2,33,35,36). The number of aliphatic hydroxyl groups is 1. The fourth-order valence-corrected chi connectivity index (χ4v) is 6.47. The fraction of sp³-hybridized carbons (Fsp3) is 0.633. The van der Waals surface area contributed by atoms with Crippen LogP contribution in [0.25, 0.3) is 0 Å². The Bertz CT molecular complexity index is 1220. The van der Waals surface area contributed by atoms with Gasteiger partial charge in [-0.25, -0.2) is 9.37 Å². The van der Waals surface area contributed by atoms with Crippen molar-refractivity contribution >= 4 is 23.7 Å². The number of rotatable bonds is 12. The third kappa shape index (κ3) is 6.42. The Hall–Kier alpha value is -3.02. The fourth-order valence-electron chi connectivity index (χ4n) is 6.47. The molecule has 1 aromatic carbocycles. The summed E-state index contributed by atoms with van der Waals surface area (Å²) < 4.78 is 26.4. The molecule has 0 radical (unpaired) electrons. The van der Waals surface area contributed by atoms with Crippen LogP contribution in [0.1, 0.15) is 68.2 Å². The summed E-state index contributed by atoms with van der Waals surface area (Å²) in [4.78, 5) is 17.5. The Morgan fingerprint density at radius 2 is 1.98 bits per heavy atom. The lowest BCUT2D eigenvalue weighted by atomic mass is 9.63. The molecule has 2 aromatic rings. The average Bonchev–Trinajstić information content (AvgIpc) is 2.92. The van der Waals surface area contributed by atoms with Crippen LogP contribution in [0.4, 0.5) is 21.8 Å². The van der Waals surface area contributed by atoms with Crippen molar-refractivity contribution in [1.82, 2.24) is 14.9 Å². The second-order valence-electron chi connectivity index (χ2n) is 11.8. The van der Waals surface area contributed by atoms with Crippen LogP contribution in [-0.2, 0) is 11.3 Å². The van der Waals surface area contributed by atoms with E-state index in [1.54, 1.807) is 13.2 Å². The van der Waals surface area contributed by atoms with Gasteiger partial charge in [0, 0.05) is 30.8 Å². The highest BCUT2D eigenvalue weighted by molar-refractivity contribution is 5.89. The summed E-state index contributed by atoms with van der Waals surface area (Å²) in [7, 11) is 1.56. The van der Waals surface area contributed by atoms with Gasteiger partial charge < -0.3 is 35.8 Å². The van der Waals surface area contributed by atoms with Crippen molar-refractivity contribution in [3.05, 3.63) is 34.8 Å². The number of hydrogen-bond acceptors (Lipinski definition) is 10. The van der Waals surface area contributed by atoms with Gasteiger partial charge >= 0.3 is 0 Å². The van der Waals surface area contributed by atoms with Gasteiger partial charge in [-0.1, -0.05) is 13.3 Å². The Morgan fingerprint density at radius 3 is 2.61 bits per heavy atom. The summed E-state index contributed by atoms with van der Waals surface area (Å²) >= 11 is 0. The molecule has 0 bridgehead atoms. The normalized spacial score (nSPS) is 19.4. The molecule has 0 unspecified atom stereocenters. The molecular formula is C30H44FN7O3. The SMILES string of the molecule is CCCCN(CCO)c1nc(N)nc(C=NCc2c(F)cc(C3CCN(C4CC5(COC5)C4)CC3)cc2OC)c1N. The first-order chi connectivity index (χ1) is 19.9. The Morgan fingerprint density at radius 1 is 1.22 bits per heavy atom. The first-order valence-corrected chi connectivity index (χ1v) is 14.8. The van der Waals surface area contributed by atoms with Crippen LogP contribution in [-0.4, -0.2) is 85.3 Å². The summed E-state index contributed by atoms with van der Waals surface area (Å²) in [5.74, 6) is 1.01. The lowest BCUT2D eigenvalue weighted by Gasteiger charge is -2.57. The Balaban J connectivity index is 1.24. The average molecular weight is 570 g/mol. The molecule has 5 rings (SSSR count). The van der Waals surface area contributed by atoms with Gasteiger partial charge in [0.25, 0.3) is 0 Å². The van der Waals surface area contributed by atoms with Crippen molar-refractivity contribution in [2.45, 2.75) is 64.0 Å². The van der Waals surface area contributed by atoms with Crippen molar-refractivity contribution in [1.29, 1.82) is 0 Å². The largest absolute Gasteiger partial charge is 0.496 e. The molecule has 1 spiro atoms. The second kappa shape index (κ2) is 12.9. The van der Waals surface area contributed by atoms with E-state index in [0.29, 0.717) is 59.0 Å². The van der Waals surface area contributed by atoms with Crippen molar-refractivity contribution in [2.24, 2.45) is 10.4 Å². The molecule has 0 amide bonds. The summed E-state index contributed by atoms with van der Waals surface area (Å²) in [6, 6.07) is 4.29. The lowest BCUT2D eigenvalue weighted by molar-refractivity contribution is -0.185. The van der Waals surface area contributed by atoms with Crippen molar-refractivity contribution in [3.63, 3.8) is 0 Å². The number of ether oxygens (including phenoxy) is 2. The molecule has 1 aliphatic carbocycles. The summed E-state index contributed by atoms with van der Waals surface area (Å²) in [6.45, 7) is 7.12. The third-order valence-corrected chi connectivity index (χ3v) is 8.95. The number of likely N-dealkylation sites (tertiary alicyclic amines) is 1. The molecule has 1 saturated carbocycles. The number of aliphatic hydroxyl groups excluding tert-OH is 1. The molecule has 1 aromatic heterocycles. The minimum absolute atomic E-state index is 0.0400. The number of nitrogens with zero attached hydrogens (tertiary/aromatic N) is 5. The molecule has 2 aliphatic heterocycles. The zero-order valence-corrected chi connectivity index (χ0v) is 24.3. The van der Waals surface area contributed by atoms with E-state index in [-0.39, 0.29) is 24.9 Å². The highest BCUT2D eigenvalue weighted by Crippen LogP contribution is 2.49. The Kier molecular flexibility index (Phi) is 9.25. The van der Waals surface area contributed by atoms with Crippen LogP contribution in [0.2, 0.25) is 0 Å². The highest BCUT2D eigenvalue weighted by atomic mass is 19.1. The first-order valence-electron chi connectivity index (χ1n) is 14.8. The number of aromatic nitrogens is 2. The van der Waals surface area contributed by atoms with Crippen LogP contribution >= 0.6 is 0 Å². The van der Waals surface area contributed by atoms with Gasteiger partial charge in [0.15, 0.2) is 5.82 Å². The van der Waals surface area contributed by atoms with Crippen molar-refractivity contribution in [2.75, 3.05) is 69.5 Å². The maximum absolute atomic E-state index is 15.4. The Labute approximate surface area is 241 Å². The van der Waals surface area contributed by atoms with Gasteiger partial charge in [-0.05, 0) is 68.8 Å². The van der Waals surface area contributed by atoms with Crippen LogP contribution in [0.5, 0.6) is 5.75 Å². The molecule has 3 aliphatic rings. The number of halogens is 1. The van der Waals surface area contributed by atoms with Crippen molar-refractivity contribution in [3.8, 4) is 5.75 Å². The van der Waals surface area contributed by atoms with E-state index in [9.17, 15) is 5.11 Å².